The number of esters is 1. The van der Waals surface area contributed by atoms with Gasteiger partial charge >= 0.3 is 5.97 Å². The Bertz CT molecular complexity index is 1200. The Kier molecular flexibility index (Phi) is 5.31. The highest BCUT2D eigenvalue weighted by molar-refractivity contribution is 6.11. The molecule has 35 heavy (non-hydrogen) atoms. The summed E-state index contributed by atoms with van der Waals surface area (Å²) < 4.78 is 22.4. The van der Waals surface area contributed by atoms with Crippen molar-refractivity contribution in [2.24, 2.45) is 17.3 Å². The maximum absolute atomic E-state index is 13.6. The molecule has 0 bridgehead atoms. The number of fused-ring (bicyclic) bond motifs is 6. The summed E-state index contributed by atoms with van der Waals surface area (Å²) in [4.78, 5) is 25.3. The predicted octanol–water partition coefficient (Wildman–Crippen LogP) is 5.44. The molecule has 0 aromatic heterocycles. The van der Waals surface area contributed by atoms with E-state index in [1.807, 2.05) is 0 Å². The summed E-state index contributed by atoms with van der Waals surface area (Å²) in [6.45, 7) is 4.02. The lowest BCUT2D eigenvalue weighted by Crippen LogP contribution is -2.45. The molecular formula is C29H32O6. The molecule has 3 aliphatic carbocycles. The summed E-state index contributed by atoms with van der Waals surface area (Å²) in [5.74, 6) is 3.15. The van der Waals surface area contributed by atoms with Crippen LogP contribution < -0.4 is 14.2 Å². The van der Waals surface area contributed by atoms with Gasteiger partial charge in [-0.15, -0.1) is 0 Å². The van der Waals surface area contributed by atoms with Crippen molar-refractivity contribution in [3.05, 3.63) is 52.6 Å². The van der Waals surface area contributed by atoms with E-state index in [0.29, 0.717) is 46.1 Å². The number of benzene rings is 2. The van der Waals surface area contributed by atoms with Crippen molar-refractivity contribution in [3.63, 3.8) is 0 Å². The van der Waals surface area contributed by atoms with Gasteiger partial charge in [-0.1, -0.05) is 6.92 Å². The van der Waals surface area contributed by atoms with Gasteiger partial charge in [-0.05, 0) is 97.7 Å². The first-order chi connectivity index (χ1) is 16.9. The number of rotatable bonds is 4. The van der Waals surface area contributed by atoms with E-state index in [9.17, 15) is 9.59 Å². The van der Waals surface area contributed by atoms with Crippen LogP contribution in [-0.2, 0) is 16.0 Å². The Morgan fingerprint density at radius 2 is 1.86 bits per heavy atom. The molecule has 184 valence electrons. The summed E-state index contributed by atoms with van der Waals surface area (Å²) in [6, 6.07) is 9.51. The third-order valence-electron chi connectivity index (χ3n) is 9.15. The number of carbonyl (C=O) groups excluding carboxylic acids is 2. The minimum atomic E-state index is -0.174. The molecule has 0 spiro atoms. The van der Waals surface area contributed by atoms with Crippen LogP contribution in [-0.4, -0.2) is 31.8 Å². The van der Waals surface area contributed by atoms with Crippen molar-refractivity contribution < 1.29 is 28.5 Å². The number of hydrogen-bond donors (Lipinski definition) is 0. The van der Waals surface area contributed by atoms with E-state index in [-0.39, 0.29) is 30.1 Å². The Morgan fingerprint density at radius 1 is 1.03 bits per heavy atom. The largest absolute Gasteiger partial charge is 0.496 e. The van der Waals surface area contributed by atoms with E-state index in [0.717, 1.165) is 38.5 Å². The summed E-state index contributed by atoms with van der Waals surface area (Å²) in [5.41, 5.74) is 3.80. The third kappa shape index (κ3) is 3.52. The molecule has 6 rings (SSSR count). The molecule has 0 unspecified atom stereocenters. The first-order valence-corrected chi connectivity index (χ1v) is 12.7. The Morgan fingerprint density at radius 3 is 2.66 bits per heavy atom. The summed E-state index contributed by atoms with van der Waals surface area (Å²) in [6.07, 6.45) is 6.27. The number of hydrogen-bond acceptors (Lipinski definition) is 6. The Labute approximate surface area is 205 Å². The second kappa shape index (κ2) is 8.28. The molecule has 1 heterocycles. The summed E-state index contributed by atoms with van der Waals surface area (Å²) in [7, 11) is 1.63. The van der Waals surface area contributed by atoms with Crippen LogP contribution in [0.4, 0.5) is 0 Å². The number of ether oxygens (including phenoxy) is 4. The van der Waals surface area contributed by atoms with E-state index in [2.05, 4.69) is 19.1 Å². The van der Waals surface area contributed by atoms with Crippen LogP contribution in [0.3, 0.4) is 0 Å². The summed E-state index contributed by atoms with van der Waals surface area (Å²) >= 11 is 0. The lowest BCUT2D eigenvalue weighted by atomic mass is 9.55. The molecule has 0 radical (unpaired) electrons. The normalized spacial score (nSPS) is 30.1. The third-order valence-corrected chi connectivity index (χ3v) is 9.15. The fourth-order valence-corrected chi connectivity index (χ4v) is 7.48. The van der Waals surface area contributed by atoms with Crippen LogP contribution in [0.5, 0.6) is 17.2 Å². The lowest BCUT2D eigenvalue weighted by Gasteiger charge is -2.50. The van der Waals surface area contributed by atoms with Crippen LogP contribution in [0.1, 0.15) is 78.9 Å². The SMILES string of the molecule is COc1cc2c(cc1C(=O)c1ccc3c(c1)OCO3)[C@H]1CC[C@]3(C)[C@@H](OC(C)=O)CC[C@H]3[C@@H]1CC2. The van der Waals surface area contributed by atoms with Crippen molar-refractivity contribution in [3.8, 4) is 17.2 Å². The van der Waals surface area contributed by atoms with Crippen molar-refractivity contribution >= 4 is 11.8 Å². The Hall–Kier alpha value is -3.02. The fourth-order valence-electron chi connectivity index (χ4n) is 7.48. The quantitative estimate of drug-likeness (QED) is 0.432. The van der Waals surface area contributed by atoms with Crippen LogP contribution in [0.25, 0.3) is 0 Å². The van der Waals surface area contributed by atoms with Gasteiger partial charge in [0, 0.05) is 17.9 Å². The van der Waals surface area contributed by atoms with Crippen LogP contribution >= 0.6 is 0 Å². The number of carbonyl (C=O) groups is 2. The van der Waals surface area contributed by atoms with Gasteiger partial charge in [0.1, 0.15) is 11.9 Å². The van der Waals surface area contributed by atoms with Crippen molar-refractivity contribution in [1.29, 1.82) is 0 Å². The van der Waals surface area contributed by atoms with Gasteiger partial charge in [-0.3, -0.25) is 9.59 Å². The minimum absolute atomic E-state index is 0.0198. The Balaban J connectivity index is 1.34. The highest BCUT2D eigenvalue weighted by Gasteiger charge is 2.56. The van der Waals surface area contributed by atoms with Crippen molar-refractivity contribution in [2.45, 2.75) is 64.4 Å². The number of ketones is 1. The topological polar surface area (TPSA) is 71.1 Å². The molecule has 0 N–H and O–H groups in total. The molecule has 0 amide bonds. The molecule has 2 aromatic carbocycles. The van der Waals surface area contributed by atoms with Gasteiger partial charge in [0.25, 0.3) is 0 Å². The van der Waals surface area contributed by atoms with E-state index >= 15 is 0 Å². The maximum atomic E-state index is 13.6. The molecule has 2 aromatic rings. The molecule has 6 heteroatoms. The molecule has 5 atom stereocenters. The molecular weight excluding hydrogens is 444 g/mol. The summed E-state index contributed by atoms with van der Waals surface area (Å²) in [5, 5.41) is 0. The van der Waals surface area contributed by atoms with E-state index < -0.39 is 0 Å². The zero-order chi connectivity index (χ0) is 24.3. The maximum Gasteiger partial charge on any atom is 0.302 e. The van der Waals surface area contributed by atoms with E-state index in [1.165, 1.54) is 18.1 Å². The molecule has 0 saturated heterocycles. The smallest absolute Gasteiger partial charge is 0.302 e. The van der Waals surface area contributed by atoms with E-state index in [1.54, 1.807) is 25.3 Å². The molecule has 2 saturated carbocycles. The van der Waals surface area contributed by atoms with Crippen LogP contribution in [0, 0.1) is 17.3 Å². The van der Waals surface area contributed by atoms with Crippen molar-refractivity contribution in [2.75, 3.05) is 13.9 Å². The average molecular weight is 477 g/mol. The zero-order valence-electron chi connectivity index (χ0n) is 20.6. The van der Waals surface area contributed by atoms with Gasteiger partial charge in [-0.2, -0.15) is 0 Å². The van der Waals surface area contributed by atoms with Gasteiger partial charge in [0.2, 0.25) is 6.79 Å². The van der Waals surface area contributed by atoms with Gasteiger partial charge in [0.05, 0.1) is 12.7 Å². The average Bonchev–Trinajstić information content (AvgIpc) is 3.46. The van der Waals surface area contributed by atoms with Crippen LogP contribution in [0.2, 0.25) is 0 Å². The molecule has 1 aliphatic heterocycles. The second-order valence-corrected chi connectivity index (χ2v) is 10.8. The number of aryl methyl sites for hydroxylation is 1. The minimum Gasteiger partial charge on any atom is -0.496 e. The predicted molar refractivity (Wildman–Crippen MR) is 129 cm³/mol. The second-order valence-electron chi connectivity index (χ2n) is 10.8. The lowest BCUT2D eigenvalue weighted by molar-refractivity contribution is -0.154. The standard InChI is InChI=1S/C29H32O6/c1-16(30)35-27-9-7-23-20-6-4-17-12-25(32-3)22(14-21(17)19(20)10-11-29(23,27)2)28(31)18-5-8-24-26(13-18)34-15-33-24/h5,8,12-14,19-20,23,27H,4,6-7,9-11,15H2,1-3H3/t19-,20+,23-,27-,29-/m0/s1. The van der Waals surface area contributed by atoms with Gasteiger partial charge in [-0.25, -0.2) is 0 Å². The van der Waals surface area contributed by atoms with Crippen molar-refractivity contribution in [1.82, 2.24) is 0 Å². The van der Waals surface area contributed by atoms with E-state index in [4.69, 9.17) is 18.9 Å². The van der Waals surface area contributed by atoms with Crippen LogP contribution in [0.15, 0.2) is 30.3 Å². The molecule has 6 nitrogen and oxygen atoms in total. The first-order valence-electron chi connectivity index (χ1n) is 12.7. The first kappa shape index (κ1) is 22.4. The van der Waals surface area contributed by atoms with Gasteiger partial charge in [0.15, 0.2) is 17.3 Å². The zero-order valence-corrected chi connectivity index (χ0v) is 20.6. The fraction of sp³-hybridized carbons (Fsp3) is 0.517. The van der Waals surface area contributed by atoms with Gasteiger partial charge < -0.3 is 18.9 Å². The monoisotopic (exact) mass is 476 g/mol. The molecule has 2 fully saturated rings. The number of methoxy groups -OCH3 is 1. The molecule has 4 aliphatic rings. The highest BCUT2D eigenvalue weighted by Crippen LogP contribution is 2.61. The highest BCUT2D eigenvalue weighted by atomic mass is 16.7.